The summed E-state index contributed by atoms with van der Waals surface area (Å²) in [5.74, 6) is 0.696. The molecule has 5 heteroatoms. The number of methoxy groups -OCH3 is 1. The van der Waals surface area contributed by atoms with E-state index in [0.29, 0.717) is 36.3 Å². The molecule has 0 aliphatic carbocycles. The van der Waals surface area contributed by atoms with Gasteiger partial charge in [-0.05, 0) is 36.2 Å². The van der Waals surface area contributed by atoms with E-state index in [1.165, 1.54) is 0 Å². The lowest BCUT2D eigenvalue weighted by atomic mass is 10.0. The van der Waals surface area contributed by atoms with Crippen LogP contribution >= 0.6 is 0 Å². The zero-order valence-corrected chi connectivity index (χ0v) is 16.5. The molecule has 0 bridgehead atoms. The molecule has 0 spiro atoms. The number of para-hydroxylation sites is 1. The zero-order valence-electron chi connectivity index (χ0n) is 16.5. The first-order chi connectivity index (χ1) is 14.1. The van der Waals surface area contributed by atoms with Gasteiger partial charge in [0.05, 0.1) is 18.5 Å². The molecule has 0 amide bonds. The number of ketones is 1. The normalized spacial score (nSPS) is 10.6. The van der Waals surface area contributed by atoms with Crippen LogP contribution in [-0.2, 0) is 6.54 Å². The predicted molar refractivity (Wildman–Crippen MR) is 116 cm³/mol. The molecule has 150 valence electrons. The molecule has 0 aromatic heterocycles. The summed E-state index contributed by atoms with van der Waals surface area (Å²) in [6.07, 6.45) is 0.604. The maximum absolute atomic E-state index is 12.9. The number of ether oxygens (including phenoxy) is 1. The van der Waals surface area contributed by atoms with Crippen LogP contribution in [0.2, 0.25) is 0 Å². The van der Waals surface area contributed by atoms with Gasteiger partial charge in [0, 0.05) is 30.8 Å². The number of aliphatic hydroxyl groups excluding tert-OH is 1. The Kier molecular flexibility index (Phi) is 6.87. The van der Waals surface area contributed by atoms with Gasteiger partial charge in [-0.25, -0.2) is 0 Å². The molecule has 29 heavy (non-hydrogen) atoms. The van der Waals surface area contributed by atoms with Crippen molar-refractivity contribution in [3.05, 3.63) is 89.5 Å². The standard InChI is InChI=1S/C24H26N2O3/c1-29-20-13-11-18(12-14-20)17-26(15-6-16-27)22-10-5-9-21(23(22)25)24(28)19-7-3-2-4-8-19/h2-5,7-14,27H,6,15-17,25H2,1H3. The summed E-state index contributed by atoms with van der Waals surface area (Å²) in [5.41, 5.74) is 9.86. The van der Waals surface area contributed by atoms with Gasteiger partial charge in [-0.2, -0.15) is 0 Å². The van der Waals surface area contributed by atoms with E-state index < -0.39 is 0 Å². The molecule has 0 atom stereocenters. The van der Waals surface area contributed by atoms with Gasteiger partial charge in [-0.1, -0.05) is 48.5 Å². The molecule has 0 unspecified atom stereocenters. The van der Waals surface area contributed by atoms with E-state index in [1.54, 1.807) is 25.3 Å². The first kappa shape index (κ1) is 20.4. The van der Waals surface area contributed by atoms with Crippen LogP contribution < -0.4 is 15.4 Å². The van der Waals surface area contributed by atoms with Crippen molar-refractivity contribution in [1.82, 2.24) is 0 Å². The Morgan fingerprint density at radius 2 is 1.72 bits per heavy atom. The Hall–Kier alpha value is -3.31. The fourth-order valence-corrected chi connectivity index (χ4v) is 3.27. The smallest absolute Gasteiger partial charge is 0.195 e. The minimum absolute atomic E-state index is 0.0850. The number of nitrogens with zero attached hydrogens (tertiary/aromatic N) is 1. The molecule has 0 heterocycles. The van der Waals surface area contributed by atoms with Crippen LogP contribution in [0.4, 0.5) is 11.4 Å². The average Bonchev–Trinajstić information content (AvgIpc) is 2.77. The molecule has 0 aliphatic heterocycles. The maximum Gasteiger partial charge on any atom is 0.195 e. The maximum atomic E-state index is 12.9. The van der Waals surface area contributed by atoms with Gasteiger partial charge in [0.1, 0.15) is 5.75 Å². The molecule has 0 saturated carbocycles. The molecule has 3 rings (SSSR count). The predicted octanol–water partition coefficient (Wildman–Crippen LogP) is 3.90. The van der Waals surface area contributed by atoms with Crippen LogP contribution in [0, 0.1) is 0 Å². The third kappa shape index (κ3) is 4.95. The summed E-state index contributed by atoms with van der Waals surface area (Å²) < 4.78 is 5.22. The van der Waals surface area contributed by atoms with E-state index >= 15 is 0 Å². The second-order valence-corrected chi connectivity index (χ2v) is 6.78. The number of rotatable bonds is 9. The second kappa shape index (κ2) is 9.75. The summed E-state index contributed by atoms with van der Waals surface area (Å²) >= 11 is 0. The van der Waals surface area contributed by atoms with E-state index in [2.05, 4.69) is 4.90 Å². The highest BCUT2D eigenvalue weighted by Crippen LogP contribution is 2.30. The topological polar surface area (TPSA) is 75.8 Å². The molecule has 0 fully saturated rings. The van der Waals surface area contributed by atoms with Crippen LogP contribution in [-0.4, -0.2) is 31.2 Å². The highest BCUT2D eigenvalue weighted by atomic mass is 16.5. The third-order valence-electron chi connectivity index (χ3n) is 4.82. The van der Waals surface area contributed by atoms with E-state index in [-0.39, 0.29) is 12.4 Å². The Bertz CT molecular complexity index is 940. The second-order valence-electron chi connectivity index (χ2n) is 6.78. The van der Waals surface area contributed by atoms with Crippen molar-refractivity contribution in [1.29, 1.82) is 0 Å². The lowest BCUT2D eigenvalue weighted by molar-refractivity contribution is 0.103. The number of benzene rings is 3. The molecule has 0 aliphatic rings. The number of nitrogen functional groups attached to an aromatic ring is 1. The number of hydrogen-bond acceptors (Lipinski definition) is 5. The summed E-state index contributed by atoms with van der Waals surface area (Å²) in [6.45, 7) is 1.31. The van der Waals surface area contributed by atoms with Crippen molar-refractivity contribution in [3.8, 4) is 5.75 Å². The molecule has 3 aromatic carbocycles. The summed E-state index contributed by atoms with van der Waals surface area (Å²) in [5, 5.41) is 9.33. The molecule has 0 saturated heterocycles. The summed E-state index contributed by atoms with van der Waals surface area (Å²) in [7, 11) is 1.64. The van der Waals surface area contributed by atoms with Crippen molar-refractivity contribution in [2.24, 2.45) is 0 Å². The van der Waals surface area contributed by atoms with Crippen LogP contribution in [0.5, 0.6) is 5.75 Å². The Labute approximate surface area is 171 Å². The Balaban J connectivity index is 1.91. The van der Waals surface area contributed by atoms with Gasteiger partial charge in [0.15, 0.2) is 5.78 Å². The number of nitrogens with two attached hydrogens (primary N) is 1. The highest BCUT2D eigenvalue weighted by molar-refractivity contribution is 6.13. The van der Waals surface area contributed by atoms with E-state index in [4.69, 9.17) is 10.5 Å². The average molecular weight is 390 g/mol. The molecule has 3 aromatic rings. The summed E-state index contributed by atoms with van der Waals surface area (Å²) in [4.78, 5) is 15.0. The van der Waals surface area contributed by atoms with E-state index in [9.17, 15) is 9.90 Å². The quantitative estimate of drug-likeness (QED) is 0.428. The van der Waals surface area contributed by atoms with Gasteiger partial charge >= 0.3 is 0 Å². The largest absolute Gasteiger partial charge is 0.497 e. The summed E-state index contributed by atoms with van der Waals surface area (Å²) in [6, 6.07) is 22.5. The number of anilines is 2. The Morgan fingerprint density at radius 3 is 2.38 bits per heavy atom. The monoisotopic (exact) mass is 390 g/mol. The van der Waals surface area contributed by atoms with Gasteiger partial charge in [-0.15, -0.1) is 0 Å². The van der Waals surface area contributed by atoms with Gasteiger partial charge in [0.2, 0.25) is 0 Å². The number of hydrogen-bond donors (Lipinski definition) is 2. The zero-order chi connectivity index (χ0) is 20.6. The number of aliphatic hydroxyl groups is 1. The Morgan fingerprint density at radius 1 is 1.00 bits per heavy atom. The van der Waals surface area contributed by atoms with E-state index in [0.717, 1.165) is 17.0 Å². The van der Waals surface area contributed by atoms with Crippen LogP contribution in [0.15, 0.2) is 72.8 Å². The first-order valence-electron chi connectivity index (χ1n) is 9.61. The van der Waals surface area contributed by atoms with Crippen molar-refractivity contribution in [2.45, 2.75) is 13.0 Å². The van der Waals surface area contributed by atoms with Crippen molar-refractivity contribution in [3.63, 3.8) is 0 Å². The van der Waals surface area contributed by atoms with Crippen molar-refractivity contribution >= 4 is 17.2 Å². The third-order valence-corrected chi connectivity index (χ3v) is 4.82. The fourth-order valence-electron chi connectivity index (χ4n) is 3.27. The first-order valence-corrected chi connectivity index (χ1v) is 9.61. The van der Waals surface area contributed by atoms with Gasteiger partial charge in [0.25, 0.3) is 0 Å². The molecular formula is C24H26N2O3. The van der Waals surface area contributed by atoms with Crippen LogP contribution in [0.25, 0.3) is 0 Å². The molecule has 3 N–H and O–H groups in total. The molecule has 5 nitrogen and oxygen atoms in total. The van der Waals surface area contributed by atoms with Gasteiger partial charge in [-0.3, -0.25) is 4.79 Å². The van der Waals surface area contributed by atoms with E-state index in [1.807, 2.05) is 54.6 Å². The van der Waals surface area contributed by atoms with Crippen molar-refractivity contribution < 1.29 is 14.6 Å². The lowest BCUT2D eigenvalue weighted by Crippen LogP contribution is -2.26. The number of carbonyl (C=O) groups is 1. The molecule has 0 radical (unpaired) electrons. The SMILES string of the molecule is COc1ccc(CN(CCCO)c2cccc(C(=O)c3ccccc3)c2N)cc1. The van der Waals surface area contributed by atoms with Crippen LogP contribution in [0.1, 0.15) is 27.9 Å². The number of carbonyl (C=O) groups excluding carboxylic acids is 1. The minimum atomic E-state index is -0.100. The highest BCUT2D eigenvalue weighted by Gasteiger charge is 2.18. The lowest BCUT2D eigenvalue weighted by Gasteiger charge is -2.27. The minimum Gasteiger partial charge on any atom is -0.497 e. The fraction of sp³-hybridized carbons (Fsp3) is 0.208. The van der Waals surface area contributed by atoms with Gasteiger partial charge < -0.3 is 20.5 Å². The van der Waals surface area contributed by atoms with Crippen molar-refractivity contribution in [2.75, 3.05) is 30.9 Å². The molecular weight excluding hydrogens is 364 g/mol. The van der Waals surface area contributed by atoms with Crippen LogP contribution in [0.3, 0.4) is 0 Å².